The fraction of sp³-hybridized carbons (Fsp3) is 0.111. The predicted octanol–water partition coefficient (Wildman–Crippen LogP) is 0.862. The molecule has 2 aromatic rings. The molecule has 16 heavy (non-hydrogen) atoms. The molecule has 0 unspecified atom stereocenters. The van der Waals surface area contributed by atoms with E-state index >= 15 is 0 Å². The van der Waals surface area contributed by atoms with Crippen molar-refractivity contribution in [2.45, 2.75) is 6.42 Å². The van der Waals surface area contributed by atoms with Crippen LogP contribution in [0, 0.1) is 10.1 Å². The number of benzene rings is 1. The van der Waals surface area contributed by atoms with E-state index in [4.69, 9.17) is 4.42 Å². The summed E-state index contributed by atoms with van der Waals surface area (Å²) in [6.07, 6.45) is 0.237. The van der Waals surface area contributed by atoms with E-state index in [1.54, 1.807) is 12.1 Å². The number of nitro benzene ring substituents is 1. The second-order valence-electron chi connectivity index (χ2n) is 3.11. The minimum Gasteiger partial charge on any atom is -0.392 e. The topological polar surface area (TPSA) is 102 Å². The molecule has 0 atom stereocenters. The van der Waals surface area contributed by atoms with Gasteiger partial charge in [0.15, 0.2) is 0 Å². The second kappa shape index (κ2) is 3.97. The molecule has 0 aliphatic rings. The predicted molar refractivity (Wildman–Crippen MR) is 53.0 cm³/mol. The number of non-ortho nitro benzene ring substituents is 1. The van der Waals surface area contributed by atoms with Gasteiger partial charge in [-0.15, -0.1) is 5.10 Å². The summed E-state index contributed by atoms with van der Waals surface area (Å²) in [6, 6.07) is 6.07. The van der Waals surface area contributed by atoms with Crippen molar-refractivity contribution < 1.29 is 9.34 Å². The lowest BCUT2D eigenvalue weighted by molar-refractivity contribution is -0.384. The minimum absolute atomic E-state index is 0.00428. The molecular weight excluding hydrogens is 214 g/mol. The van der Waals surface area contributed by atoms with E-state index in [-0.39, 0.29) is 18.0 Å². The number of rotatable bonds is 3. The zero-order valence-electron chi connectivity index (χ0n) is 8.04. The molecule has 0 aliphatic heterocycles. The molecule has 0 spiro atoms. The van der Waals surface area contributed by atoms with Gasteiger partial charge < -0.3 is 4.42 Å². The Morgan fingerprint density at radius 2 is 2.31 bits per heavy atom. The molecule has 1 heterocycles. The van der Waals surface area contributed by atoms with Crippen LogP contribution in [-0.2, 0) is 6.42 Å². The van der Waals surface area contributed by atoms with Crippen molar-refractivity contribution in [3.8, 4) is 0 Å². The van der Waals surface area contributed by atoms with Gasteiger partial charge in [-0.25, -0.2) is 9.89 Å². The van der Waals surface area contributed by atoms with Gasteiger partial charge in [0, 0.05) is 12.1 Å². The lowest BCUT2D eigenvalue weighted by Gasteiger charge is -1.96. The van der Waals surface area contributed by atoms with Crippen molar-refractivity contribution in [1.82, 2.24) is 10.2 Å². The Morgan fingerprint density at radius 1 is 1.50 bits per heavy atom. The highest BCUT2D eigenvalue weighted by Gasteiger charge is 2.08. The quantitative estimate of drug-likeness (QED) is 0.611. The van der Waals surface area contributed by atoms with Crippen molar-refractivity contribution in [3.05, 3.63) is 56.4 Å². The van der Waals surface area contributed by atoms with Crippen LogP contribution in [-0.4, -0.2) is 15.1 Å². The first kappa shape index (κ1) is 10.1. The van der Waals surface area contributed by atoms with E-state index in [2.05, 4.69) is 10.2 Å². The number of hydrogen-bond acceptors (Lipinski definition) is 5. The van der Waals surface area contributed by atoms with Crippen molar-refractivity contribution in [3.63, 3.8) is 0 Å². The number of H-pyrrole nitrogens is 1. The molecule has 0 aliphatic carbocycles. The fourth-order valence-electron chi connectivity index (χ4n) is 1.29. The number of aromatic nitrogens is 2. The normalized spacial score (nSPS) is 10.2. The molecule has 0 saturated carbocycles. The molecule has 7 nitrogen and oxygen atoms in total. The van der Waals surface area contributed by atoms with Crippen molar-refractivity contribution in [2.24, 2.45) is 0 Å². The summed E-state index contributed by atoms with van der Waals surface area (Å²) in [4.78, 5) is 20.7. The average Bonchev–Trinajstić information content (AvgIpc) is 2.64. The summed E-state index contributed by atoms with van der Waals surface area (Å²) in [5.74, 6) is -0.439. The van der Waals surface area contributed by atoms with Crippen molar-refractivity contribution >= 4 is 5.69 Å². The van der Waals surface area contributed by atoms with Gasteiger partial charge in [0.1, 0.15) is 0 Å². The number of aromatic amines is 1. The average molecular weight is 221 g/mol. The largest absolute Gasteiger partial charge is 0.434 e. The van der Waals surface area contributed by atoms with Crippen LogP contribution in [0.1, 0.15) is 11.5 Å². The molecule has 1 aromatic carbocycles. The lowest BCUT2D eigenvalue weighted by atomic mass is 10.1. The SMILES string of the molecule is O=c1[nH]nc(Cc2cccc([N+](=O)[O-])c2)o1. The van der Waals surface area contributed by atoms with Crippen LogP contribution in [0.3, 0.4) is 0 Å². The van der Waals surface area contributed by atoms with Gasteiger partial charge in [-0.2, -0.15) is 0 Å². The summed E-state index contributed by atoms with van der Waals surface area (Å²) in [5.41, 5.74) is 0.653. The molecule has 1 aromatic heterocycles. The number of nitro groups is 1. The third-order valence-corrected chi connectivity index (χ3v) is 1.96. The summed E-state index contributed by atoms with van der Waals surface area (Å²) in [5, 5.41) is 16.3. The Bertz CT molecular complexity index is 572. The molecule has 2 rings (SSSR count). The molecule has 0 saturated heterocycles. The molecular formula is C9H7N3O4. The Hall–Kier alpha value is -2.44. The van der Waals surface area contributed by atoms with Crippen LogP contribution in [0.25, 0.3) is 0 Å². The summed E-state index contributed by atoms with van der Waals surface area (Å²) < 4.78 is 4.70. The maximum Gasteiger partial charge on any atom is 0.434 e. The highest BCUT2D eigenvalue weighted by molar-refractivity contribution is 5.35. The van der Waals surface area contributed by atoms with Crippen LogP contribution in [0.2, 0.25) is 0 Å². The lowest BCUT2D eigenvalue weighted by Crippen LogP contribution is -1.94. The van der Waals surface area contributed by atoms with E-state index in [1.807, 2.05) is 0 Å². The molecule has 0 amide bonds. The fourth-order valence-corrected chi connectivity index (χ4v) is 1.29. The van der Waals surface area contributed by atoms with Crippen molar-refractivity contribution in [1.29, 1.82) is 0 Å². The summed E-state index contributed by atoms with van der Waals surface area (Å²) >= 11 is 0. The summed E-state index contributed by atoms with van der Waals surface area (Å²) in [7, 11) is 0. The van der Waals surface area contributed by atoms with Crippen molar-refractivity contribution in [2.75, 3.05) is 0 Å². The van der Waals surface area contributed by atoms with Gasteiger partial charge in [0.2, 0.25) is 5.89 Å². The maximum absolute atomic E-state index is 10.7. The monoisotopic (exact) mass is 221 g/mol. The maximum atomic E-state index is 10.7. The minimum atomic E-state index is -0.638. The number of nitrogens with one attached hydrogen (secondary N) is 1. The van der Waals surface area contributed by atoms with Crippen LogP contribution in [0.4, 0.5) is 5.69 Å². The number of nitrogens with zero attached hydrogens (tertiary/aromatic N) is 2. The van der Waals surface area contributed by atoms with Gasteiger partial charge in [0.05, 0.1) is 11.3 Å². The van der Waals surface area contributed by atoms with E-state index in [9.17, 15) is 14.9 Å². The zero-order chi connectivity index (χ0) is 11.5. The molecule has 82 valence electrons. The van der Waals surface area contributed by atoms with Crippen LogP contribution >= 0.6 is 0 Å². The standard InChI is InChI=1S/C9H7N3O4/c13-9-11-10-8(16-9)5-6-2-1-3-7(4-6)12(14)15/h1-4H,5H2,(H,11,13). The van der Waals surface area contributed by atoms with Gasteiger partial charge in [-0.05, 0) is 5.56 Å². The van der Waals surface area contributed by atoms with E-state index in [0.717, 1.165) is 0 Å². The van der Waals surface area contributed by atoms with Gasteiger partial charge in [-0.1, -0.05) is 12.1 Å². The Balaban J connectivity index is 2.25. The molecule has 0 bridgehead atoms. The van der Waals surface area contributed by atoms with Gasteiger partial charge >= 0.3 is 5.76 Å². The Morgan fingerprint density at radius 3 is 2.94 bits per heavy atom. The first-order chi connectivity index (χ1) is 7.65. The van der Waals surface area contributed by atoms with Crippen LogP contribution in [0.5, 0.6) is 0 Å². The van der Waals surface area contributed by atoms with Crippen LogP contribution < -0.4 is 5.76 Å². The van der Waals surface area contributed by atoms with Gasteiger partial charge in [-0.3, -0.25) is 10.1 Å². The van der Waals surface area contributed by atoms with E-state index in [1.165, 1.54) is 12.1 Å². The zero-order valence-corrected chi connectivity index (χ0v) is 8.04. The third-order valence-electron chi connectivity index (χ3n) is 1.96. The molecule has 7 heteroatoms. The highest BCUT2D eigenvalue weighted by atomic mass is 16.6. The molecule has 1 N–H and O–H groups in total. The van der Waals surface area contributed by atoms with Crippen LogP contribution in [0.15, 0.2) is 33.5 Å². The third kappa shape index (κ3) is 2.14. The van der Waals surface area contributed by atoms with E-state index in [0.29, 0.717) is 5.56 Å². The van der Waals surface area contributed by atoms with Gasteiger partial charge in [0.25, 0.3) is 5.69 Å². The Kier molecular flexibility index (Phi) is 2.50. The number of hydrogen-bond donors (Lipinski definition) is 1. The second-order valence-corrected chi connectivity index (χ2v) is 3.11. The first-order valence-electron chi connectivity index (χ1n) is 4.43. The summed E-state index contributed by atoms with van der Waals surface area (Å²) in [6.45, 7) is 0. The highest BCUT2D eigenvalue weighted by Crippen LogP contribution is 2.14. The first-order valence-corrected chi connectivity index (χ1v) is 4.43. The molecule has 0 fully saturated rings. The molecule has 0 radical (unpaired) electrons. The smallest absolute Gasteiger partial charge is 0.392 e. The Labute approximate surface area is 88.9 Å². The van der Waals surface area contributed by atoms with E-state index < -0.39 is 10.7 Å².